The van der Waals surface area contributed by atoms with E-state index in [4.69, 9.17) is 23.2 Å². The van der Waals surface area contributed by atoms with Crippen LogP contribution in [-0.4, -0.2) is 14.5 Å². The lowest BCUT2D eigenvalue weighted by molar-refractivity contribution is 0.950. The number of hydrogen-bond acceptors (Lipinski definition) is 2. The fourth-order valence-corrected chi connectivity index (χ4v) is 3.59. The van der Waals surface area contributed by atoms with Gasteiger partial charge in [-0.25, -0.2) is 9.97 Å². The Bertz CT molecular complexity index is 819. The third-order valence-corrected chi connectivity index (χ3v) is 4.24. The highest BCUT2D eigenvalue weighted by atomic mass is 79.9. The Balaban J connectivity index is 2.39. The van der Waals surface area contributed by atoms with Crippen LogP contribution >= 0.6 is 39.1 Å². The molecule has 3 rings (SSSR count). The second kappa shape index (κ2) is 5.59. The van der Waals surface area contributed by atoms with Gasteiger partial charge < -0.3 is 0 Å². The first-order chi connectivity index (χ1) is 10.0. The molecule has 0 saturated carbocycles. The van der Waals surface area contributed by atoms with Crippen molar-refractivity contribution in [3.63, 3.8) is 0 Å². The zero-order valence-electron chi connectivity index (χ0n) is 11.5. The van der Waals surface area contributed by atoms with Gasteiger partial charge in [-0.1, -0.05) is 27.5 Å². The second-order valence-corrected chi connectivity index (χ2v) is 6.50. The molecule has 0 N–H and O–H groups in total. The van der Waals surface area contributed by atoms with Crippen LogP contribution in [0.3, 0.4) is 0 Å². The third kappa shape index (κ3) is 2.56. The quantitative estimate of drug-likeness (QED) is 0.569. The monoisotopic (exact) mass is 383 g/mol. The summed E-state index contributed by atoms with van der Waals surface area (Å²) in [6.45, 7) is 4.12. The zero-order chi connectivity index (χ0) is 15.1. The molecule has 6 heteroatoms. The molecule has 3 aromatic rings. The normalized spacial score (nSPS) is 11.3. The standard InChI is InChI=1S/C15H12BrCl2N3/c1-8-3-10(16)4-9(2)14(8)21-13(6-17)20-12-5-11(18)7-19-15(12)21/h3-5,7H,6H2,1-2H3. The molecule has 0 aliphatic heterocycles. The number of aryl methyl sites for hydroxylation is 2. The number of halogens is 3. The van der Waals surface area contributed by atoms with Crippen LogP contribution in [0.2, 0.25) is 5.02 Å². The molecule has 2 heterocycles. The molecule has 1 aromatic carbocycles. The lowest BCUT2D eigenvalue weighted by atomic mass is 10.1. The van der Waals surface area contributed by atoms with Crippen LogP contribution in [0.25, 0.3) is 16.9 Å². The Morgan fingerprint density at radius 1 is 1.19 bits per heavy atom. The largest absolute Gasteiger partial charge is 0.279 e. The fourth-order valence-electron chi connectivity index (χ4n) is 2.57. The number of hydrogen-bond donors (Lipinski definition) is 0. The molecule has 3 nitrogen and oxygen atoms in total. The van der Waals surface area contributed by atoms with Crippen molar-refractivity contribution in [2.45, 2.75) is 19.7 Å². The average molecular weight is 385 g/mol. The number of nitrogens with zero attached hydrogens (tertiary/aromatic N) is 3. The molecular weight excluding hydrogens is 373 g/mol. The Morgan fingerprint density at radius 2 is 1.86 bits per heavy atom. The van der Waals surface area contributed by atoms with Crippen molar-refractivity contribution in [3.8, 4) is 5.69 Å². The first-order valence-electron chi connectivity index (χ1n) is 6.37. The van der Waals surface area contributed by atoms with E-state index in [1.54, 1.807) is 12.3 Å². The van der Waals surface area contributed by atoms with E-state index in [1.807, 2.05) is 4.57 Å². The van der Waals surface area contributed by atoms with Crippen molar-refractivity contribution in [1.82, 2.24) is 14.5 Å². The Kier molecular flexibility index (Phi) is 3.95. The van der Waals surface area contributed by atoms with E-state index in [1.165, 1.54) is 0 Å². The number of pyridine rings is 1. The summed E-state index contributed by atoms with van der Waals surface area (Å²) < 4.78 is 3.06. The summed E-state index contributed by atoms with van der Waals surface area (Å²) in [6.07, 6.45) is 1.63. The number of benzene rings is 1. The minimum absolute atomic E-state index is 0.308. The average Bonchev–Trinajstić information content (AvgIpc) is 2.75. The number of imidazole rings is 1. The maximum atomic E-state index is 6.08. The molecule has 108 valence electrons. The summed E-state index contributed by atoms with van der Waals surface area (Å²) in [5, 5.41) is 0.567. The number of rotatable bonds is 2. The van der Waals surface area contributed by atoms with Gasteiger partial charge in [0.05, 0.1) is 16.6 Å². The van der Waals surface area contributed by atoms with Crippen LogP contribution in [0.5, 0.6) is 0 Å². The molecule has 0 radical (unpaired) electrons. The van der Waals surface area contributed by atoms with Crippen LogP contribution in [-0.2, 0) is 5.88 Å². The maximum absolute atomic E-state index is 6.08. The van der Waals surface area contributed by atoms with Crippen LogP contribution in [0.4, 0.5) is 0 Å². The first kappa shape index (κ1) is 14.8. The maximum Gasteiger partial charge on any atom is 0.164 e. The van der Waals surface area contributed by atoms with Crippen LogP contribution in [0.15, 0.2) is 28.9 Å². The lowest BCUT2D eigenvalue weighted by Crippen LogP contribution is -2.05. The van der Waals surface area contributed by atoms with Gasteiger partial charge in [-0.05, 0) is 43.2 Å². The first-order valence-corrected chi connectivity index (χ1v) is 8.07. The molecule has 0 saturated heterocycles. The highest BCUT2D eigenvalue weighted by Gasteiger charge is 2.17. The summed E-state index contributed by atoms with van der Waals surface area (Å²) in [7, 11) is 0. The molecule has 21 heavy (non-hydrogen) atoms. The summed E-state index contributed by atoms with van der Waals surface area (Å²) in [6, 6.07) is 5.95. The van der Waals surface area contributed by atoms with E-state index in [-0.39, 0.29) is 0 Å². The Labute approximate surface area is 141 Å². The van der Waals surface area contributed by atoms with E-state index < -0.39 is 0 Å². The minimum atomic E-state index is 0.308. The van der Waals surface area contributed by atoms with Gasteiger partial charge in [-0.2, -0.15) is 0 Å². The van der Waals surface area contributed by atoms with Crippen LogP contribution < -0.4 is 0 Å². The molecule has 0 unspecified atom stereocenters. The smallest absolute Gasteiger partial charge is 0.164 e. The topological polar surface area (TPSA) is 30.7 Å². The molecule has 0 bridgehead atoms. The van der Waals surface area contributed by atoms with Gasteiger partial charge >= 0.3 is 0 Å². The highest BCUT2D eigenvalue weighted by molar-refractivity contribution is 9.10. The van der Waals surface area contributed by atoms with E-state index in [0.29, 0.717) is 10.9 Å². The van der Waals surface area contributed by atoms with Gasteiger partial charge in [-0.15, -0.1) is 11.6 Å². The van der Waals surface area contributed by atoms with Crippen molar-refractivity contribution in [2.24, 2.45) is 0 Å². The van der Waals surface area contributed by atoms with E-state index in [0.717, 1.165) is 38.3 Å². The zero-order valence-corrected chi connectivity index (χ0v) is 14.6. The van der Waals surface area contributed by atoms with E-state index in [2.05, 4.69) is 51.9 Å². The fraction of sp³-hybridized carbons (Fsp3) is 0.200. The number of alkyl halides is 1. The van der Waals surface area contributed by atoms with Crippen molar-refractivity contribution in [3.05, 3.63) is 50.8 Å². The van der Waals surface area contributed by atoms with E-state index in [9.17, 15) is 0 Å². The minimum Gasteiger partial charge on any atom is -0.279 e. The SMILES string of the molecule is Cc1cc(Br)cc(C)c1-n1c(CCl)nc2cc(Cl)cnc21. The van der Waals surface area contributed by atoms with Gasteiger partial charge in [0.15, 0.2) is 5.65 Å². The van der Waals surface area contributed by atoms with Crippen molar-refractivity contribution < 1.29 is 0 Å². The third-order valence-electron chi connectivity index (χ3n) is 3.33. The van der Waals surface area contributed by atoms with Gasteiger partial charge in [-0.3, -0.25) is 4.57 Å². The van der Waals surface area contributed by atoms with E-state index >= 15 is 0 Å². The molecule has 0 spiro atoms. The number of aromatic nitrogens is 3. The van der Waals surface area contributed by atoms with Gasteiger partial charge in [0.25, 0.3) is 0 Å². The van der Waals surface area contributed by atoms with Crippen molar-refractivity contribution in [1.29, 1.82) is 0 Å². The van der Waals surface area contributed by atoms with Gasteiger partial charge in [0, 0.05) is 10.7 Å². The van der Waals surface area contributed by atoms with Gasteiger partial charge in [0.1, 0.15) is 11.3 Å². The predicted molar refractivity (Wildman–Crippen MR) is 90.6 cm³/mol. The number of fused-ring (bicyclic) bond motifs is 1. The molecular formula is C15H12BrCl2N3. The van der Waals surface area contributed by atoms with Gasteiger partial charge in [0.2, 0.25) is 0 Å². The Hall–Kier alpha value is -1.10. The summed E-state index contributed by atoms with van der Waals surface area (Å²) >= 11 is 15.6. The van der Waals surface area contributed by atoms with Crippen molar-refractivity contribution >= 4 is 50.3 Å². The molecule has 0 atom stereocenters. The Morgan fingerprint density at radius 3 is 2.48 bits per heavy atom. The van der Waals surface area contributed by atoms with Crippen LogP contribution in [0, 0.1) is 13.8 Å². The van der Waals surface area contributed by atoms with Crippen molar-refractivity contribution in [2.75, 3.05) is 0 Å². The van der Waals surface area contributed by atoms with Crippen LogP contribution in [0.1, 0.15) is 17.0 Å². The molecule has 0 aliphatic rings. The predicted octanol–water partition coefficient (Wildman–Crippen LogP) is 5.19. The summed E-state index contributed by atoms with van der Waals surface area (Å²) in [5.41, 5.74) is 4.84. The summed E-state index contributed by atoms with van der Waals surface area (Å²) in [5.74, 6) is 1.07. The lowest BCUT2D eigenvalue weighted by Gasteiger charge is -2.14. The molecule has 0 aliphatic carbocycles. The highest BCUT2D eigenvalue weighted by Crippen LogP contribution is 2.29. The molecule has 2 aromatic heterocycles. The molecule has 0 amide bonds. The second-order valence-electron chi connectivity index (χ2n) is 4.88. The summed E-state index contributed by atoms with van der Waals surface area (Å²) in [4.78, 5) is 8.97. The molecule has 0 fully saturated rings.